The zero-order chi connectivity index (χ0) is 17.7. The van der Waals surface area contributed by atoms with Gasteiger partial charge in [-0.05, 0) is 68.5 Å². The molecule has 0 aliphatic carbocycles. The van der Waals surface area contributed by atoms with Gasteiger partial charge in [0.2, 0.25) is 0 Å². The number of amides is 1. The van der Waals surface area contributed by atoms with Gasteiger partial charge in [-0.15, -0.1) is 0 Å². The predicted octanol–water partition coefficient (Wildman–Crippen LogP) is 4.65. The van der Waals surface area contributed by atoms with E-state index in [1.165, 1.54) is 11.1 Å². The lowest BCUT2D eigenvalue weighted by molar-refractivity contribution is -0.128. The molecule has 0 unspecified atom stereocenters. The number of rotatable bonds is 6. The summed E-state index contributed by atoms with van der Waals surface area (Å²) in [7, 11) is 0. The zero-order valence-electron chi connectivity index (χ0n) is 15.2. The Morgan fingerprint density at radius 2 is 1.83 bits per heavy atom. The van der Waals surface area contributed by atoms with E-state index in [-0.39, 0.29) is 11.9 Å². The van der Waals surface area contributed by atoms with E-state index in [0.717, 1.165) is 16.9 Å². The number of carbonyl (C=O) groups excluding carboxylic acids is 1. The van der Waals surface area contributed by atoms with Crippen molar-refractivity contribution in [3.05, 3.63) is 64.7 Å². The first kappa shape index (κ1) is 18.1. The third-order valence-electron chi connectivity index (χ3n) is 4.32. The van der Waals surface area contributed by atoms with Crippen LogP contribution in [0.15, 0.2) is 42.5 Å². The summed E-state index contributed by atoms with van der Waals surface area (Å²) in [6.07, 6.45) is 0.139. The molecule has 0 radical (unpaired) electrons. The van der Waals surface area contributed by atoms with Crippen LogP contribution >= 0.6 is 0 Å². The van der Waals surface area contributed by atoms with Crippen LogP contribution in [0.5, 0.6) is 5.75 Å². The van der Waals surface area contributed by atoms with E-state index < -0.39 is 6.10 Å². The number of ether oxygens (including phenoxy) is 1. The molecule has 24 heavy (non-hydrogen) atoms. The molecule has 0 heterocycles. The highest BCUT2D eigenvalue weighted by Gasteiger charge is 2.20. The summed E-state index contributed by atoms with van der Waals surface area (Å²) in [5.41, 5.74) is 4.71. The fourth-order valence-electron chi connectivity index (χ4n) is 2.60. The van der Waals surface area contributed by atoms with Gasteiger partial charge in [-0.2, -0.15) is 0 Å². The first-order valence-corrected chi connectivity index (χ1v) is 8.51. The third kappa shape index (κ3) is 4.60. The fourth-order valence-corrected chi connectivity index (χ4v) is 2.60. The standard InChI is InChI=1S/C21H27NO2/c1-6-20(24-19-9-7-8-14(2)12-19)21(23)22-17(5)18-11-10-15(3)16(4)13-18/h7-13,17,20H,6H2,1-5H3,(H,22,23)/t17-,20-/m1/s1. The molecule has 2 aromatic carbocycles. The highest BCUT2D eigenvalue weighted by Crippen LogP contribution is 2.19. The van der Waals surface area contributed by atoms with Crippen molar-refractivity contribution in [1.29, 1.82) is 0 Å². The molecule has 0 saturated carbocycles. The monoisotopic (exact) mass is 325 g/mol. The van der Waals surface area contributed by atoms with Gasteiger partial charge >= 0.3 is 0 Å². The van der Waals surface area contributed by atoms with Crippen molar-refractivity contribution in [3.63, 3.8) is 0 Å². The highest BCUT2D eigenvalue weighted by atomic mass is 16.5. The summed E-state index contributed by atoms with van der Waals surface area (Å²) in [4.78, 5) is 12.6. The zero-order valence-corrected chi connectivity index (χ0v) is 15.2. The average Bonchev–Trinajstić information content (AvgIpc) is 2.55. The largest absolute Gasteiger partial charge is 0.481 e. The lowest BCUT2D eigenvalue weighted by Gasteiger charge is -2.21. The van der Waals surface area contributed by atoms with Crippen molar-refractivity contribution >= 4 is 5.91 Å². The van der Waals surface area contributed by atoms with Gasteiger partial charge in [0, 0.05) is 0 Å². The van der Waals surface area contributed by atoms with Gasteiger partial charge in [0.25, 0.3) is 5.91 Å². The quantitative estimate of drug-likeness (QED) is 0.840. The summed E-state index contributed by atoms with van der Waals surface area (Å²) in [5, 5.41) is 3.06. The Labute approximate surface area is 145 Å². The maximum absolute atomic E-state index is 12.6. The number of aryl methyl sites for hydroxylation is 3. The highest BCUT2D eigenvalue weighted by molar-refractivity contribution is 5.81. The molecule has 2 atom stereocenters. The normalized spacial score (nSPS) is 13.2. The van der Waals surface area contributed by atoms with Crippen LogP contribution in [0, 0.1) is 20.8 Å². The number of hydrogen-bond acceptors (Lipinski definition) is 2. The molecule has 0 aliphatic rings. The van der Waals surface area contributed by atoms with Gasteiger partial charge in [0.15, 0.2) is 6.10 Å². The van der Waals surface area contributed by atoms with E-state index >= 15 is 0 Å². The van der Waals surface area contributed by atoms with Crippen LogP contribution in [0.4, 0.5) is 0 Å². The first-order valence-electron chi connectivity index (χ1n) is 8.51. The molecule has 0 spiro atoms. The van der Waals surface area contributed by atoms with Crippen LogP contribution in [0.2, 0.25) is 0 Å². The molecule has 0 bridgehead atoms. The summed E-state index contributed by atoms with van der Waals surface area (Å²) < 4.78 is 5.87. The smallest absolute Gasteiger partial charge is 0.261 e. The van der Waals surface area contributed by atoms with Crippen molar-refractivity contribution in [2.75, 3.05) is 0 Å². The molecule has 128 valence electrons. The van der Waals surface area contributed by atoms with E-state index in [0.29, 0.717) is 6.42 Å². The van der Waals surface area contributed by atoms with E-state index in [1.807, 2.05) is 45.0 Å². The van der Waals surface area contributed by atoms with E-state index in [2.05, 4.69) is 37.4 Å². The van der Waals surface area contributed by atoms with E-state index in [4.69, 9.17) is 4.74 Å². The molecule has 0 aromatic heterocycles. The summed E-state index contributed by atoms with van der Waals surface area (Å²) in [6.45, 7) is 10.1. The van der Waals surface area contributed by atoms with Crippen LogP contribution in [0.3, 0.4) is 0 Å². The van der Waals surface area contributed by atoms with Gasteiger partial charge in [-0.3, -0.25) is 4.79 Å². The Kier molecular flexibility index (Phi) is 6.02. The Morgan fingerprint density at radius 1 is 1.08 bits per heavy atom. The Balaban J connectivity index is 2.04. The van der Waals surface area contributed by atoms with Crippen LogP contribution in [-0.4, -0.2) is 12.0 Å². The molecular weight excluding hydrogens is 298 g/mol. The molecule has 0 aliphatic heterocycles. The van der Waals surface area contributed by atoms with Crippen LogP contribution in [0.1, 0.15) is 48.6 Å². The minimum absolute atomic E-state index is 0.0491. The van der Waals surface area contributed by atoms with E-state index in [9.17, 15) is 4.79 Å². The predicted molar refractivity (Wildman–Crippen MR) is 98.4 cm³/mol. The second kappa shape index (κ2) is 8.00. The van der Waals surface area contributed by atoms with E-state index in [1.54, 1.807) is 0 Å². The van der Waals surface area contributed by atoms with Crippen molar-refractivity contribution in [3.8, 4) is 5.75 Å². The molecule has 0 saturated heterocycles. The van der Waals surface area contributed by atoms with Gasteiger partial charge in [0.1, 0.15) is 5.75 Å². The number of carbonyl (C=O) groups is 1. The van der Waals surface area contributed by atoms with Crippen molar-refractivity contribution in [2.24, 2.45) is 0 Å². The lowest BCUT2D eigenvalue weighted by atomic mass is 10.0. The number of benzene rings is 2. The summed E-state index contributed by atoms with van der Waals surface area (Å²) >= 11 is 0. The SMILES string of the molecule is CC[C@@H](Oc1cccc(C)c1)C(=O)N[C@H](C)c1ccc(C)c(C)c1. The van der Waals surface area contributed by atoms with Crippen molar-refractivity contribution in [1.82, 2.24) is 5.32 Å². The minimum atomic E-state index is -0.485. The van der Waals surface area contributed by atoms with Gasteiger partial charge in [-0.25, -0.2) is 0 Å². The molecular formula is C21H27NO2. The Morgan fingerprint density at radius 3 is 2.46 bits per heavy atom. The first-order chi connectivity index (χ1) is 11.4. The maximum Gasteiger partial charge on any atom is 0.261 e. The summed E-state index contributed by atoms with van der Waals surface area (Å²) in [6, 6.07) is 14.0. The summed E-state index contributed by atoms with van der Waals surface area (Å²) in [5.74, 6) is 0.653. The Hall–Kier alpha value is -2.29. The minimum Gasteiger partial charge on any atom is -0.481 e. The average molecular weight is 325 g/mol. The van der Waals surface area contributed by atoms with Crippen molar-refractivity contribution in [2.45, 2.75) is 53.2 Å². The Bertz CT molecular complexity index is 709. The molecule has 2 aromatic rings. The molecule has 2 rings (SSSR count). The second-order valence-electron chi connectivity index (χ2n) is 6.41. The van der Waals surface area contributed by atoms with Crippen molar-refractivity contribution < 1.29 is 9.53 Å². The maximum atomic E-state index is 12.6. The fraction of sp³-hybridized carbons (Fsp3) is 0.381. The number of nitrogens with one attached hydrogen (secondary N) is 1. The molecule has 3 heteroatoms. The topological polar surface area (TPSA) is 38.3 Å². The van der Waals surface area contributed by atoms with Crippen LogP contribution in [-0.2, 0) is 4.79 Å². The molecule has 0 fully saturated rings. The van der Waals surface area contributed by atoms with Gasteiger partial charge in [-0.1, -0.05) is 37.3 Å². The van der Waals surface area contributed by atoms with Crippen LogP contribution in [0.25, 0.3) is 0 Å². The molecule has 3 nitrogen and oxygen atoms in total. The lowest BCUT2D eigenvalue weighted by Crippen LogP contribution is -2.39. The van der Waals surface area contributed by atoms with Gasteiger partial charge < -0.3 is 10.1 Å². The third-order valence-corrected chi connectivity index (χ3v) is 4.32. The molecule has 1 amide bonds. The number of hydrogen-bond donors (Lipinski definition) is 1. The van der Waals surface area contributed by atoms with Gasteiger partial charge in [0.05, 0.1) is 6.04 Å². The molecule has 1 N–H and O–H groups in total. The second-order valence-corrected chi connectivity index (χ2v) is 6.41. The van der Waals surface area contributed by atoms with Crippen LogP contribution < -0.4 is 10.1 Å².